The number of hydrogen-bond acceptors (Lipinski definition) is 3. The number of nitrogens with zero attached hydrogens (tertiary/aromatic N) is 2. The lowest BCUT2D eigenvalue weighted by Gasteiger charge is -2.21. The summed E-state index contributed by atoms with van der Waals surface area (Å²) >= 11 is 0. The molecular weight excluding hydrogens is 347 g/mol. The van der Waals surface area contributed by atoms with E-state index in [1.807, 2.05) is 19.1 Å². The molecule has 0 atom stereocenters. The summed E-state index contributed by atoms with van der Waals surface area (Å²) in [6.07, 6.45) is 0.534. The Balaban J connectivity index is 1.62. The molecule has 1 heterocycles. The molecule has 27 heavy (non-hydrogen) atoms. The number of urea groups is 1. The third-order valence-corrected chi connectivity index (χ3v) is 4.25. The number of fused-ring (bicyclic) bond motifs is 1. The van der Waals surface area contributed by atoms with E-state index in [-0.39, 0.29) is 24.0 Å². The fourth-order valence-electron chi connectivity index (χ4n) is 2.84. The fourth-order valence-corrected chi connectivity index (χ4v) is 2.84. The van der Waals surface area contributed by atoms with Gasteiger partial charge in [0.05, 0.1) is 17.4 Å². The fraction of sp³-hybridized carbons (Fsp3) is 0.250. The van der Waals surface area contributed by atoms with Gasteiger partial charge in [0.15, 0.2) is 0 Å². The SMILES string of the molecule is CCN(Cc1nc2ccccc2c(=O)[nH]1)C(=O)NCCc1cccc(F)c1. The molecule has 2 amide bonds. The first-order valence-electron chi connectivity index (χ1n) is 8.82. The van der Waals surface area contributed by atoms with Gasteiger partial charge in [-0.15, -0.1) is 0 Å². The van der Waals surface area contributed by atoms with Crippen LogP contribution < -0.4 is 10.9 Å². The molecule has 7 heteroatoms. The van der Waals surface area contributed by atoms with Crippen LogP contribution in [0.5, 0.6) is 0 Å². The molecule has 0 radical (unpaired) electrons. The van der Waals surface area contributed by atoms with Crippen LogP contribution in [-0.4, -0.2) is 34.0 Å². The molecule has 2 N–H and O–H groups in total. The number of nitrogens with one attached hydrogen (secondary N) is 2. The van der Waals surface area contributed by atoms with Gasteiger partial charge < -0.3 is 15.2 Å². The van der Waals surface area contributed by atoms with Gasteiger partial charge >= 0.3 is 6.03 Å². The molecule has 3 rings (SSSR count). The molecule has 140 valence electrons. The summed E-state index contributed by atoms with van der Waals surface area (Å²) in [5.74, 6) is 0.140. The average Bonchev–Trinajstić information content (AvgIpc) is 2.66. The molecule has 0 bridgehead atoms. The molecule has 0 spiro atoms. The Morgan fingerprint density at radius 1 is 1.22 bits per heavy atom. The monoisotopic (exact) mass is 368 g/mol. The van der Waals surface area contributed by atoms with Crippen LogP contribution in [0.3, 0.4) is 0 Å². The van der Waals surface area contributed by atoms with Crippen molar-refractivity contribution in [2.45, 2.75) is 19.9 Å². The van der Waals surface area contributed by atoms with Crippen LogP contribution >= 0.6 is 0 Å². The van der Waals surface area contributed by atoms with E-state index >= 15 is 0 Å². The predicted octanol–water partition coefficient (Wildman–Crippen LogP) is 2.84. The largest absolute Gasteiger partial charge is 0.338 e. The highest BCUT2D eigenvalue weighted by Gasteiger charge is 2.14. The summed E-state index contributed by atoms with van der Waals surface area (Å²) in [6.45, 7) is 2.90. The number of amides is 2. The van der Waals surface area contributed by atoms with E-state index in [9.17, 15) is 14.0 Å². The van der Waals surface area contributed by atoms with Crippen molar-refractivity contribution in [3.05, 3.63) is 76.1 Å². The van der Waals surface area contributed by atoms with Crippen molar-refractivity contribution < 1.29 is 9.18 Å². The maximum atomic E-state index is 13.2. The van der Waals surface area contributed by atoms with Crippen LogP contribution in [0, 0.1) is 5.82 Å². The van der Waals surface area contributed by atoms with Gasteiger partial charge in [0.2, 0.25) is 0 Å². The minimum atomic E-state index is -0.291. The first kappa shape index (κ1) is 18.6. The van der Waals surface area contributed by atoms with Gasteiger partial charge in [-0.1, -0.05) is 24.3 Å². The minimum absolute atomic E-state index is 0.197. The second-order valence-electron chi connectivity index (χ2n) is 6.16. The Hall–Kier alpha value is -3.22. The maximum absolute atomic E-state index is 13.2. The third kappa shape index (κ3) is 4.69. The lowest BCUT2D eigenvalue weighted by atomic mass is 10.1. The number of carbonyl (C=O) groups is 1. The van der Waals surface area contributed by atoms with Crippen molar-refractivity contribution in [2.24, 2.45) is 0 Å². The highest BCUT2D eigenvalue weighted by atomic mass is 19.1. The van der Waals surface area contributed by atoms with Crippen molar-refractivity contribution >= 4 is 16.9 Å². The Morgan fingerprint density at radius 3 is 2.81 bits per heavy atom. The van der Waals surface area contributed by atoms with Crippen molar-refractivity contribution in [3.8, 4) is 0 Å². The zero-order valence-electron chi connectivity index (χ0n) is 15.0. The molecule has 0 saturated heterocycles. The molecule has 0 aliphatic rings. The van der Waals surface area contributed by atoms with Gasteiger partial charge in [-0.25, -0.2) is 14.2 Å². The molecule has 0 fully saturated rings. The number of benzene rings is 2. The van der Waals surface area contributed by atoms with Crippen LogP contribution in [0.25, 0.3) is 10.9 Å². The molecule has 0 aliphatic heterocycles. The van der Waals surface area contributed by atoms with E-state index in [4.69, 9.17) is 0 Å². The van der Waals surface area contributed by atoms with Gasteiger partial charge in [-0.3, -0.25) is 4.79 Å². The van der Waals surface area contributed by atoms with Crippen LogP contribution in [0.15, 0.2) is 53.3 Å². The zero-order valence-corrected chi connectivity index (χ0v) is 15.0. The van der Waals surface area contributed by atoms with E-state index in [2.05, 4.69) is 15.3 Å². The number of aromatic nitrogens is 2. The third-order valence-electron chi connectivity index (χ3n) is 4.25. The van der Waals surface area contributed by atoms with Gasteiger partial charge in [0, 0.05) is 13.1 Å². The lowest BCUT2D eigenvalue weighted by Crippen LogP contribution is -2.40. The Kier molecular flexibility index (Phi) is 5.80. The van der Waals surface area contributed by atoms with Crippen molar-refractivity contribution in [2.75, 3.05) is 13.1 Å². The summed E-state index contributed by atoms with van der Waals surface area (Å²) in [4.78, 5) is 33.3. The topological polar surface area (TPSA) is 78.1 Å². The Labute approximate surface area is 156 Å². The Bertz CT molecular complexity index is 1000. The zero-order chi connectivity index (χ0) is 19.2. The average molecular weight is 368 g/mol. The van der Waals surface area contributed by atoms with E-state index in [1.165, 1.54) is 12.1 Å². The second-order valence-corrected chi connectivity index (χ2v) is 6.16. The van der Waals surface area contributed by atoms with Gasteiger partial charge in [-0.05, 0) is 43.2 Å². The Morgan fingerprint density at radius 2 is 2.04 bits per heavy atom. The van der Waals surface area contributed by atoms with E-state index in [1.54, 1.807) is 29.2 Å². The smallest absolute Gasteiger partial charge is 0.317 e. The second kappa shape index (κ2) is 8.44. The molecule has 0 unspecified atom stereocenters. The normalized spacial score (nSPS) is 10.7. The number of aromatic amines is 1. The minimum Gasteiger partial charge on any atom is -0.338 e. The molecule has 6 nitrogen and oxygen atoms in total. The van der Waals surface area contributed by atoms with Crippen LogP contribution in [0.1, 0.15) is 18.3 Å². The molecule has 0 saturated carbocycles. The van der Waals surface area contributed by atoms with E-state index in [0.29, 0.717) is 36.2 Å². The molecule has 3 aromatic rings. The predicted molar refractivity (Wildman–Crippen MR) is 102 cm³/mol. The highest BCUT2D eigenvalue weighted by molar-refractivity contribution is 5.77. The highest BCUT2D eigenvalue weighted by Crippen LogP contribution is 2.07. The summed E-state index contributed by atoms with van der Waals surface area (Å²) in [5.41, 5.74) is 1.19. The number of carbonyl (C=O) groups excluding carboxylic acids is 1. The van der Waals surface area contributed by atoms with Crippen molar-refractivity contribution in [1.82, 2.24) is 20.2 Å². The summed E-state index contributed by atoms with van der Waals surface area (Å²) in [5, 5.41) is 3.34. The van der Waals surface area contributed by atoms with Crippen LogP contribution in [0.2, 0.25) is 0 Å². The first-order valence-corrected chi connectivity index (χ1v) is 8.82. The van der Waals surface area contributed by atoms with Gasteiger partial charge in [-0.2, -0.15) is 0 Å². The summed E-state index contributed by atoms with van der Waals surface area (Å²) in [6, 6.07) is 13.1. The molecule has 1 aromatic heterocycles. The van der Waals surface area contributed by atoms with Crippen molar-refractivity contribution in [3.63, 3.8) is 0 Å². The number of H-pyrrole nitrogens is 1. The standard InChI is InChI=1S/C20H21FN4O2/c1-2-25(20(27)22-11-10-14-6-5-7-15(21)12-14)13-18-23-17-9-4-3-8-16(17)19(26)24-18/h3-9,12H,2,10-11,13H2,1H3,(H,22,27)(H,23,24,26). The molecule has 0 aliphatic carbocycles. The summed E-state index contributed by atoms with van der Waals surface area (Å²) < 4.78 is 13.2. The van der Waals surface area contributed by atoms with Crippen LogP contribution in [0.4, 0.5) is 9.18 Å². The summed E-state index contributed by atoms with van der Waals surface area (Å²) in [7, 11) is 0. The quantitative estimate of drug-likeness (QED) is 0.702. The van der Waals surface area contributed by atoms with Gasteiger partial charge in [0.1, 0.15) is 11.6 Å². The first-order chi connectivity index (χ1) is 13.1. The van der Waals surface area contributed by atoms with E-state index < -0.39 is 0 Å². The number of hydrogen-bond donors (Lipinski definition) is 2. The number of halogens is 1. The van der Waals surface area contributed by atoms with Gasteiger partial charge in [0.25, 0.3) is 5.56 Å². The lowest BCUT2D eigenvalue weighted by molar-refractivity contribution is 0.197. The number of para-hydroxylation sites is 1. The number of rotatable bonds is 6. The van der Waals surface area contributed by atoms with E-state index in [0.717, 1.165) is 5.56 Å². The van der Waals surface area contributed by atoms with Crippen molar-refractivity contribution in [1.29, 1.82) is 0 Å². The van der Waals surface area contributed by atoms with Crippen LogP contribution in [-0.2, 0) is 13.0 Å². The molecular formula is C20H21FN4O2. The molecule has 2 aromatic carbocycles. The maximum Gasteiger partial charge on any atom is 0.317 e.